The van der Waals surface area contributed by atoms with Crippen LogP contribution in [0.25, 0.3) is 22.2 Å². The molecule has 31 heavy (non-hydrogen) atoms. The van der Waals surface area contributed by atoms with E-state index in [2.05, 4.69) is 11.1 Å². The molecule has 0 aliphatic carbocycles. The zero-order valence-electron chi connectivity index (χ0n) is 16.5. The molecule has 7 heteroatoms. The maximum atomic E-state index is 12.7. The number of aryl methyl sites for hydroxylation is 1. The van der Waals surface area contributed by atoms with Gasteiger partial charge in [0.25, 0.3) is 11.8 Å². The van der Waals surface area contributed by atoms with E-state index in [1.807, 2.05) is 29.8 Å². The van der Waals surface area contributed by atoms with Crippen LogP contribution < -0.4 is 0 Å². The highest BCUT2D eigenvalue weighted by molar-refractivity contribution is 6.31. The van der Waals surface area contributed by atoms with Gasteiger partial charge in [0, 0.05) is 35.4 Å². The number of fused-ring (bicyclic) bond motifs is 2. The number of amides is 2. The molecule has 2 amide bonds. The molecule has 0 bridgehead atoms. The van der Waals surface area contributed by atoms with Crippen LogP contribution in [0.2, 0.25) is 5.02 Å². The topological polar surface area (TPSA) is 79.0 Å². The van der Waals surface area contributed by atoms with Gasteiger partial charge in [-0.05, 0) is 42.0 Å². The van der Waals surface area contributed by atoms with Crippen molar-refractivity contribution in [1.82, 2.24) is 14.5 Å². The van der Waals surface area contributed by atoms with Crippen molar-refractivity contribution in [2.45, 2.75) is 6.54 Å². The molecule has 0 atom stereocenters. The summed E-state index contributed by atoms with van der Waals surface area (Å²) in [5.74, 6) is -0.633. The zero-order chi connectivity index (χ0) is 21.7. The van der Waals surface area contributed by atoms with Crippen molar-refractivity contribution in [3.05, 3.63) is 88.2 Å². The number of rotatable bonds is 3. The number of hydrogen-bond acceptors (Lipinski definition) is 4. The third-order valence-corrected chi connectivity index (χ3v) is 5.80. The molecule has 0 saturated heterocycles. The van der Waals surface area contributed by atoms with Crippen molar-refractivity contribution in [1.29, 1.82) is 5.26 Å². The first-order valence-electron chi connectivity index (χ1n) is 9.57. The van der Waals surface area contributed by atoms with E-state index in [4.69, 9.17) is 11.6 Å². The molecule has 150 valence electrons. The molecule has 6 nitrogen and oxygen atoms in total. The SMILES string of the molecule is Cn1c(-c2cncc(CN3C(=O)c4ccccc4C3=O)c2)c(C#N)c2ccc(Cl)cc21. The number of carbonyl (C=O) groups excluding carboxylic acids is 2. The fourth-order valence-corrected chi connectivity index (χ4v) is 4.30. The Morgan fingerprint density at radius 3 is 2.42 bits per heavy atom. The fraction of sp³-hybridized carbons (Fsp3) is 0.0833. The molecule has 4 aromatic rings. The summed E-state index contributed by atoms with van der Waals surface area (Å²) in [4.78, 5) is 30.9. The lowest BCUT2D eigenvalue weighted by molar-refractivity contribution is 0.0642. The van der Waals surface area contributed by atoms with Gasteiger partial charge in [-0.2, -0.15) is 5.26 Å². The van der Waals surface area contributed by atoms with Gasteiger partial charge in [0.2, 0.25) is 0 Å². The van der Waals surface area contributed by atoms with Gasteiger partial charge in [-0.15, -0.1) is 0 Å². The fourth-order valence-electron chi connectivity index (χ4n) is 4.13. The maximum absolute atomic E-state index is 12.7. The second-order valence-corrected chi connectivity index (χ2v) is 7.82. The smallest absolute Gasteiger partial charge is 0.261 e. The number of hydrogen-bond donors (Lipinski definition) is 0. The number of benzene rings is 2. The lowest BCUT2D eigenvalue weighted by atomic mass is 10.1. The van der Waals surface area contributed by atoms with Gasteiger partial charge in [-0.1, -0.05) is 23.7 Å². The Morgan fingerprint density at radius 2 is 1.74 bits per heavy atom. The molecule has 0 saturated carbocycles. The number of imide groups is 1. The largest absolute Gasteiger partial charge is 0.342 e. The molecule has 5 rings (SSSR count). The van der Waals surface area contributed by atoms with Gasteiger partial charge in [0.05, 0.1) is 34.4 Å². The summed E-state index contributed by atoms with van der Waals surface area (Å²) >= 11 is 6.15. The molecule has 0 spiro atoms. The highest BCUT2D eigenvalue weighted by Gasteiger charge is 2.35. The van der Waals surface area contributed by atoms with E-state index >= 15 is 0 Å². The summed E-state index contributed by atoms with van der Waals surface area (Å²) in [5, 5.41) is 11.2. The molecule has 1 aliphatic rings. The minimum atomic E-state index is -0.317. The molecule has 2 aromatic heterocycles. The number of nitrogens with zero attached hydrogens (tertiary/aromatic N) is 4. The number of pyridine rings is 1. The second kappa shape index (κ2) is 7.08. The van der Waals surface area contributed by atoms with Crippen molar-refractivity contribution < 1.29 is 9.59 Å². The summed E-state index contributed by atoms with van der Waals surface area (Å²) in [6, 6.07) is 16.3. The Hall–Kier alpha value is -3.95. The quantitative estimate of drug-likeness (QED) is 0.450. The Bertz CT molecular complexity index is 1410. The Kier molecular flexibility index (Phi) is 4.35. The van der Waals surface area contributed by atoms with E-state index in [1.54, 1.807) is 42.7 Å². The molecule has 3 heterocycles. The van der Waals surface area contributed by atoms with Gasteiger partial charge in [0.1, 0.15) is 6.07 Å². The Labute approximate surface area is 182 Å². The van der Waals surface area contributed by atoms with E-state index < -0.39 is 0 Å². The first-order valence-corrected chi connectivity index (χ1v) is 9.95. The molecular weight excluding hydrogens is 412 g/mol. The van der Waals surface area contributed by atoms with Crippen molar-refractivity contribution in [2.24, 2.45) is 7.05 Å². The van der Waals surface area contributed by atoms with Gasteiger partial charge in [-0.3, -0.25) is 19.5 Å². The zero-order valence-corrected chi connectivity index (χ0v) is 17.2. The van der Waals surface area contributed by atoms with Crippen molar-refractivity contribution in [2.75, 3.05) is 0 Å². The summed E-state index contributed by atoms with van der Waals surface area (Å²) in [6.07, 6.45) is 3.29. The minimum Gasteiger partial charge on any atom is -0.342 e. The molecule has 0 unspecified atom stereocenters. The monoisotopic (exact) mass is 426 g/mol. The second-order valence-electron chi connectivity index (χ2n) is 7.38. The van der Waals surface area contributed by atoms with Crippen LogP contribution in [0.1, 0.15) is 31.8 Å². The van der Waals surface area contributed by atoms with Crippen LogP contribution in [0, 0.1) is 11.3 Å². The minimum absolute atomic E-state index is 0.102. The lowest BCUT2D eigenvalue weighted by Crippen LogP contribution is -2.29. The number of carbonyl (C=O) groups is 2. The molecular formula is C24H15ClN4O2. The van der Waals surface area contributed by atoms with Crippen LogP contribution >= 0.6 is 11.6 Å². The lowest BCUT2D eigenvalue weighted by Gasteiger charge is -2.14. The summed E-state index contributed by atoms with van der Waals surface area (Å²) in [7, 11) is 1.87. The van der Waals surface area contributed by atoms with Crippen LogP contribution in [0.4, 0.5) is 0 Å². The first kappa shape index (κ1) is 19.0. The van der Waals surface area contributed by atoms with Crippen molar-refractivity contribution in [3.8, 4) is 17.3 Å². The van der Waals surface area contributed by atoms with E-state index in [0.717, 1.165) is 16.5 Å². The summed E-state index contributed by atoms with van der Waals surface area (Å²) < 4.78 is 1.91. The predicted molar refractivity (Wildman–Crippen MR) is 117 cm³/mol. The predicted octanol–water partition coefficient (Wildman–Crippen LogP) is 4.56. The Balaban J connectivity index is 1.56. The molecule has 0 radical (unpaired) electrons. The maximum Gasteiger partial charge on any atom is 0.261 e. The van der Waals surface area contributed by atoms with E-state index in [0.29, 0.717) is 33.0 Å². The van der Waals surface area contributed by atoms with E-state index in [9.17, 15) is 14.9 Å². The summed E-state index contributed by atoms with van der Waals surface area (Å²) in [5.41, 5.74) is 4.30. The average Bonchev–Trinajstić information content (AvgIpc) is 3.20. The van der Waals surface area contributed by atoms with E-state index in [-0.39, 0.29) is 18.4 Å². The van der Waals surface area contributed by atoms with Crippen molar-refractivity contribution >= 4 is 34.3 Å². The Morgan fingerprint density at radius 1 is 1.03 bits per heavy atom. The van der Waals surface area contributed by atoms with Crippen LogP contribution in [-0.2, 0) is 13.6 Å². The highest BCUT2D eigenvalue weighted by Crippen LogP contribution is 2.34. The molecule has 2 aromatic carbocycles. The van der Waals surface area contributed by atoms with Crippen LogP contribution in [0.5, 0.6) is 0 Å². The van der Waals surface area contributed by atoms with Crippen LogP contribution in [0.3, 0.4) is 0 Å². The summed E-state index contributed by atoms with van der Waals surface area (Å²) in [6.45, 7) is 0.102. The number of aromatic nitrogens is 2. The van der Waals surface area contributed by atoms with Gasteiger partial charge in [-0.25, -0.2) is 0 Å². The van der Waals surface area contributed by atoms with Crippen molar-refractivity contribution in [3.63, 3.8) is 0 Å². The third-order valence-electron chi connectivity index (χ3n) is 5.56. The molecule has 1 aliphatic heterocycles. The van der Waals surface area contributed by atoms with E-state index in [1.165, 1.54) is 4.90 Å². The molecule has 0 fully saturated rings. The van der Waals surface area contributed by atoms with Crippen LogP contribution in [0.15, 0.2) is 60.9 Å². The van der Waals surface area contributed by atoms with Crippen LogP contribution in [-0.4, -0.2) is 26.3 Å². The van der Waals surface area contributed by atoms with Gasteiger partial charge < -0.3 is 4.57 Å². The van der Waals surface area contributed by atoms with Gasteiger partial charge in [0.15, 0.2) is 0 Å². The number of nitriles is 1. The molecule has 0 N–H and O–H groups in total. The van der Waals surface area contributed by atoms with Gasteiger partial charge >= 0.3 is 0 Å². The standard InChI is InChI=1S/C24H15ClN4O2/c1-28-21-9-16(25)6-7-17(21)20(10-26)22(28)15-8-14(11-27-12-15)13-29-23(30)18-4-2-3-5-19(18)24(29)31/h2-9,11-12H,13H2,1H3. The normalized spacial score (nSPS) is 13.0. The first-order chi connectivity index (χ1) is 15.0. The average molecular weight is 427 g/mol. The highest BCUT2D eigenvalue weighted by atomic mass is 35.5. The third kappa shape index (κ3) is 2.90. The number of halogens is 1.